The number of amides is 2. The number of hydrogen-bond donors (Lipinski definition) is 1. The van der Waals surface area contributed by atoms with E-state index in [4.69, 9.17) is 0 Å². The molecule has 0 bridgehead atoms. The molecule has 1 N–H and O–H groups in total. The standard InChI is InChI=1S/C23H22FN3O2/c1-23-21-18(17-4-2-3-5-19(17)25-21)11-13-27(23)20(28)14-26(22(23)29)12-10-15-6-8-16(24)9-7-15/h2-9,25H,10-14H2,1H3. The van der Waals surface area contributed by atoms with Gasteiger partial charge in [-0.15, -0.1) is 0 Å². The van der Waals surface area contributed by atoms with Gasteiger partial charge in [-0.2, -0.15) is 0 Å². The molecule has 5 nitrogen and oxygen atoms in total. The van der Waals surface area contributed by atoms with Crippen molar-refractivity contribution in [3.63, 3.8) is 0 Å². The summed E-state index contributed by atoms with van der Waals surface area (Å²) in [5, 5.41) is 1.12. The van der Waals surface area contributed by atoms with Gasteiger partial charge in [-0.1, -0.05) is 30.3 Å². The Morgan fingerprint density at radius 1 is 1.10 bits per heavy atom. The number of aromatic nitrogens is 1. The number of piperazine rings is 1. The van der Waals surface area contributed by atoms with Crippen molar-refractivity contribution >= 4 is 22.7 Å². The molecule has 0 radical (unpaired) electrons. The molecular formula is C23H22FN3O2. The Labute approximate surface area is 168 Å². The number of para-hydroxylation sites is 1. The maximum Gasteiger partial charge on any atom is 0.254 e. The van der Waals surface area contributed by atoms with Gasteiger partial charge in [0.25, 0.3) is 5.91 Å². The highest BCUT2D eigenvalue weighted by Gasteiger charge is 2.53. The molecule has 1 saturated heterocycles. The van der Waals surface area contributed by atoms with Crippen molar-refractivity contribution in [2.45, 2.75) is 25.3 Å². The minimum absolute atomic E-state index is 0.0319. The molecule has 0 aliphatic carbocycles. The fourth-order valence-electron chi connectivity index (χ4n) is 4.78. The molecule has 148 valence electrons. The molecule has 2 aliphatic heterocycles. The summed E-state index contributed by atoms with van der Waals surface area (Å²) in [6.07, 6.45) is 1.32. The molecule has 1 unspecified atom stereocenters. The van der Waals surface area contributed by atoms with E-state index >= 15 is 0 Å². The fraction of sp³-hybridized carbons (Fsp3) is 0.304. The van der Waals surface area contributed by atoms with Gasteiger partial charge in [-0.3, -0.25) is 9.59 Å². The van der Waals surface area contributed by atoms with Crippen LogP contribution in [0.25, 0.3) is 10.9 Å². The monoisotopic (exact) mass is 391 g/mol. The molecule has 3 heterocycles. The lowest BCUT2D eigenvalue weighted by Gasteiger charge is -2.49. The van der Waals surface area contributed by atoms with E-state index in [1.165, 1.54) is 12.1 Å². The molecule has 29 heavy (non-hydrogen) atoms. The highest BCUT2D eigenvalue weighted by Crippen LogP contribution is 2.41. The third kappa shape index (κ3) is 2.66. The summed E-state index contributed by atoms with van der Waals surface area (Å²) in [6.45, 7) is 2.91. The lowest BCUT2D eigenvalue weighted by molar-refractivity contribution is -0.165. The minimum atomic E-state index is -1.02. The number of hydrogen-bond acceptors (Lipinski definition) is 2. The summed E-state index contributed by atoms with van der Waals surface area (Å²) in [7, 11) is 0. The van der Waals surface area contributed by atoms with Gasteiger partial charge in [-0.25, -0.2) is 4.39 Å². The predicted octanol–water partition coefficient (Wildman–Crippen LogP) is 2.99. The smallest absolute Gasteiger partial charge is 0.254 e. The van der Waals surface area contributed by atoms with Gasteiger partial charge in [0.2, 0.25) is 5.91 Å². The molecule has 2 aliphatic rings. The van der Waals surface area contributed by atoms with Crippen molar-refractivity contribution in [2.75, 3.05) is 19.6 Å². The molecule has 1 aromatic heterocycles. The first-order chi connectivity index (χ1) is 14.0. The van der Waals surface area contributed by atoms with Gasteiger partial charge >= 0.3 is 0 Å². The van der Waals surface area contributed by atoms with Crippen molar-refractivity contribution in [3.8, 4) is 0 Å². The SMILES string of the molecule is CC12C(=O)N(CCc3ccc(F)cc3)CC(=O)N1CCc1c2[nH]c2ccccc12. The van der Waals surface area contributed by atoms with Crippen LogP contribution in [0.3, 0.4) is 0 Å². The zero-order valence-corrected chi connectivity index (χ0v) is 16.2. The van der Waals surface area contributed by atoms with E-state index in [1.54, 1.807) is 21.9 Å². The number of halogens is 1. The Morgan fingerprint density at radius 2 is 1.86 bits per heavy atom. The zero-order valence-electron chi connectivity index (χ0n) is 16.2. The van der Waals surface area contributed by atoms with Crippen LogP contribution < -0.4 is 0 Å². The maximum atomic E-state index is 13.6. The highest BCUT2D eigenvalue weighted by atomic mass is 19.1. The first kappa shape index (κ1) is 17.9. The van der Waals surface area contributed by atoms with E-state index in [1.807, 2.05) is 25.1 Å². The molecule has 2 amide bonds. The number of benzene rings is 2. The summed E-state index contributed by atoms with van der Waals surface area (Å²) >= 11 is 0. The van der Waals surface area contributed by atoms with Crippen LogP contribution in [0.2, 0.25) is 0 Å². The first-order valence-electron chi connectivity index (χ1n) is 9.93. The second kappa shape index (κ2) is 6.44. The summed E-state index contributed by atoms with van der Waals surface area (Å²) in [5.41, 5.74) is 2.86. The Balaban J connectivity index is 1.49. The number of carbonyl (C=O) groups excluding carboxylic acids is 2. The summed E-state index contributed by atoms with van der Waals surface area (Å²) < 4.78 is 13.1. The normalized spacial score (nSPS) is 21.4. The zero-order chi connectivity index (χ0) is 20.2. The van der Waals surface area contributed by atoms with E-state index < -0.39 is 5.54 Å². The second-order valence-electron chi connectivity index (χ2n) is 7.99. The van der Waals surface area contributed by atoms with E-state index in [-0.39, 0.29) is 24.2 Å². The van der Waals surface area contributed by atoms with E-state index in [2.05, 4.69) is 11.1 Å². The van der Waals surface area contributed by atoms with E-state index in [0.29, 0.717) is 19.5 Å². The quantitative estimate of drug-likeness (QED) is 0.746. The topological polar surface area (TPSA) is 56.4 Å². The van der Waals surface area contributed by atoms with Crippen molar-refractivity contribution in [1.82, 2.24) is 14.8 Å². The summed E-state index contributed by atoms with van der Waals surface area (Å²) in [5.74, 6) is -0.378. The molecule has 1 atom stereocenters. The average molecular weight is 391 g/mol. The lowest BCUT2D eigenvalue weighted by atomic mass is 9.83. The molecule has 0 spiro atoms. The molecular weight excluding hydrogens is 369 g/mol. The molecule has 1 fully saturated rings. The summed E-state index contributed by atoms with van der Waals surface area (Å²) in [6, 6.07) is 14.3. The van der Waals surface area contributed by atoms with Crippen LogP contribution >= 0.6 is 0 Å². The Hall–Kier alpha value is -3.15. The van der Waals surface area contributed by atoms with Crippen LogP contribution in [0.1, 0.15) is 23.7 Å². The van der Waals surface area contributed by atoms with Gasteiger partial charge < -0.3 is 14.8 Å². The third-order valence-corrected chi connectivity index (χ3v) is 6.34. The molecule has 3 aromatic rings. The molecule has 0 saturated carbocycles. The second-order valence-corrected chi connectivity index (χ2v) is 7.99. The largest absolute Gasteiger partial charge is 0.356 e. The van der Waals surface area contributed by atoms with Gasteiger partial charge in [-0.05, 0) is 49.1 Å². The van der Waals surface area contributed by atoms with Gasteiger partial charge in [0.1, 0.15) is 5.82 Å². The highest BCUT2D eigenvalue weighted by molar-refractivity contribution is 6.00. The number of fused-ring (bicyclic) bond motifs is 5. The molecule has 2 aromatic carbocycles. The number of nitrogens with zero attached hydrogens (tertiary/aromatic N) is 2. The Kier molecular flexibility index (Phi) is 3.98. The van der Waals surface area contributed by atoms with Crippen molar-refractivity contribution in [1.29, 1.82) is 0 Å². The Morgan fingerprint density at radius 3 is 2.66 bits per heavy atom. The minimum Gasteiger partial charge on any atom is -0.356 e. The summed E-state index contributed by atoms with van der Waals surface area (Å²) in [4.78, 5) is 33.3. The number of rotatable bonds is 3. The van der Waals surface area contributed by atoms with Crippen LogP contribution in [0.15, 0.2) is 48.5 Å². The van der Waals surface area contributed by atoms with E-state index in [9.17, 15) is 14.0 Å². The van der Waals surface area contributed by atoms with Crippen LogP contribution in [-0.2, 0) is 28.0 Å². The number of aromatic amines is 1. The molecule has 6 heteroatoms. The number of nitrogens with one attached hydrogen (secondary N) is 1. The van der Waals surface area contributed by atoms with Crippen LogP contribution in [0, 0.1) is 5.82 Å². The van der Waals surface area contributed by atoms with Crippen LogP contribution in [-0.4, -0.2) is 46.2 Å². The third-order valence-electron chi connectivity index (χ3n) is 6.34. The van der Waals surface area contributed by atoms with Crippen molar-refractivity contribution < 1.29 is 14.0 Å². The van der Waals surface area contributed by atoms with Crippen LogP contribution in [0.4, 0.5) is 4.39 Å². The van der Waals surface area contributed by atoms with Gasteiger partial charge in [0, 0.05) is 24.0 Å². The van der Waals surface area contributed by atoms with E-state index in [0.717, 1.165) is 34.1 Å². The number of carbonyl (C=O) groups is 2. The van der Waals surface area contributed by atoms with Gasteiger partial charge in [0.05, 0.1) is 12.2 Å². The fourth-order valence-corrected chi connectivity index (χ4v) is 4.78. The molecule has 5 rings (SSSR count). The Bertz CT molecular complexity index is 1120. The average Bonchev–Trinajstić information content (AvgIpc) is 3.11. The van der Waals surface area contributed by atoms with Gasteiger partial charge in [0.15, 0.2) is 5.54 Å². The predicted molar refractivity (Wildman–Crippen MR) is 108 cm³/mol. The van der Waals surface area contributed by atoms with Crippen LogP contribution in [0.5, 0.6) is 0 Å². The first-order valence-corrected chi connectivity index (χ1v) is 9.93. The van der Waals surface area contributed by atoms with Crippen molar-refractivity contribution in [3.05, 3.63) is 71.2 Å². The number of H-pyrrole nitrogens is 1. The maximum absolute atomic E-state index is 13.6. The van der Waals surface area contributed by atoms with Crippen molar-refractivity contribution in [2.24, 2.45) is 0 Å². The lowest BCUT2D eigenvalue weighted by Crippen LogP contribution is -2.67.